The molecule has 1 saturated carbocycles. The summed E-state index contributed by atoms with van der Waals surface area (Å²) in [6, 6.07) is 15.2. The monoisotopic (exact) mass is 469 g/mol. The highest BCUT2D eigenvalue weighted by Gasteiger charge is 2.23. The lowest BCUT2D eigenvalue weighted by atomic mass is 10.1. The van der Waals surface area contributed by atoms with Crippen LogP contribution in [0.15, 0.2) is 63.9 Å². The summed E-state index contributed by atoms with van der Waals surface area (Å²) in [5.74, 6) is -0.107. The Balaban J connectivity index is 1.44. The Morgan fingerprint density at radius 3 is 2.37 bits per heavy atom. The van der Waals surface area contributed by atoms with Crippen molar-refractivity contribution in [2.24, 2.45) is 0 Å². The first-order valence-corrected chi connectivity index (χ1v) is 12.3. The fourth-order valence-electron chi connectivity index (χ4n) is 5.38. The largest absolute Gasteiger partial charge is 0.477 e. The Bertz CT molecular complexity index is 1460. The van der Waals surface area contributed by atoms with Gasteiger partial charge in [-0.25, -0.2) is 9.78 Å². The summed E-state index contributed by atoms with van der Waals surface area (Å²) >= 11 is 0. The van der Waals surface area contributed by atoms with Crippen LogP contribution in [-0.2, 0) is 0 Å². The zero-order valence-electron chi connectivity index (χ0n) is 19.4. The first-order valence-electron chi connectivity index (χ1n) is 12.3. The van der Waals surface area contributed by atoms with Gasteiger partial charge in [-0.05, 0) is 55.5 Å². The van der Waals surface area contributed by atoms with Crippen molar-refractivity contribution in [2.75, 3.05) is 18.0 Å². The second-order valence-electron chi connectivity index (χ2n) is 9.54. The molecule has 0 bridgehead atoms. The van der Waals surface area contributed by atoms with E-state index in [2.05, 4.69) is 17.0 Å². The van der Waals surface area contributed by atoms with Crippen LogP contribution in [0.5, 0.6) is 0 Å². The van der Waals surface area contributed by atoms with Gasteiger partial charge >= 0.3 is 5.97 Å². The van der Waals surface area contributed by atoms with Gasteiger partial charge in [0, 0.05) is 48.7 Å². The molecule has 0 atom stereocenters. The summed E-state index contributed by atoms with van der Waals surface area (Å²) < 4.78 is 7.88. The van der Waals surface area contributed by atoms with Crippen LogP contribution in [0.25, 0.3) is 28.0 Å². The second-order valence-corrected chi connectivity index (χ2v) is 9.54. The summed E-state index contributed by atoms with van der Waals surface area (Å²) in [5, 5.41) is 9.61. The van der Waals surface area contributed by atoms with E-state index < -0.39 is 11.4 Å². The molecule has 7 heteroatoms. The second kappa shape index (κ2) is 8.73. The maximum Gasteiger partial charge on any atom is 0.341 e. The zero-order valence-corrected chi connectivity index (χ0v) is 19.4. The number of fused-ring (bicyclic) bond motifs is 1. The number of benzene rings is 2. The van der Waals surface area contributed by atoms with Crippen LogP contribution in [0.3, 0.4) is 0 Å². The molecule has 0 spiro atoms. The lowest BCUT2D eigenvalue weighted by molar-refractivity contribution is 0.0695. The van der Waals surface area contributed by atoms with Crippen LogP contribution in [0, 0.1) is 0 Å². The molecule has 0 unspecified atom stereocenters. The minimum atomic E-state index is -1.25. The normalized spacial score (nSPS) is 16.4. The number of rotatable bonds is 5. The van der Waals surface area contributed by atoms with Gasteiger partial charge in [-0.15, -0.1) is 0 Å². The molecule has 7 nitrogen and oxygen atoms in total. The van der Waals surface area contributed by atoms with Gasteiger partial charge in [0.2, 0.25) is 0 Å². The Hall–Kier alpha value is -3.87. The van der Waals surface area contributed by atoms with Gasteiger partial charge in [0.25, 0.3) is 0 Å². The number of aromatic nitrogens is 2. The van der Waals surface area contributed by atoms with Crippen LogP contribution in [-0.4, -0.2) is 33.7 Å². The van der Waals surface area contributed by atoms with E-state index >= 15 is 0 Å². The average Bonchev–Trinajstić information content (AvgIpc) is 3.65. The van der Waals surface area contributed by atoms with Crippen molar-refractivity contribution in [3.63, 3.8) is 0 Å². The third kappa shape index (κ3) is 4.01. The van der Waals surface area contributed by atoms with Crippen LogP contribution in [0.2, 0.25) is 0 Å². The molecular weight excluding hydrogens is 442 g/mol. The number of anilines is 1. The van der Waals surface area contributed by atoms with Gasteiger partial charge < -0.3 is 19.0 Å². The molecule has 2 fully saturated rings. The molecule has 6 rings (SSSR count). The van der Waals surface area contributed by atoms with Crippen molar-refractivity contribution in [3.8, 4) is 16.9 Å². The predicted octanol–water partition coefficient (Wildman–Crippen LogP) is 5.60. The topological polar surface area (TPSA) is 88.6 Å². The molecule has 4 aromatic rings. The molecule has 2 aromatic carbocycles. The van der Waals surface area contributed by atoms with Gasteiger partial charge in [-0.2, -0.15) is 0 Å². The molecule has 1 aliphatic heterocycles. The summed E-state index contributed by atoms with van der Waals surface area (Å²) in [6.07, 6.45) is 8.39. The van der Waals surface area contributed by atoms with Crippen molar-refractivity contribution < 1.29 is 14.3 Å². The maximum absolute atomic E-state index is 12.6. The van der Waals surface area contributed by atoms with Crippen LogP contribution < -0.4 is 10.3 Å². The standard InChI is InChI=1S/C28H27N3O4/c32-25-16-24(18-7-9-20(10-8-18)30-13-3-4-14-30)31(17-22(25)28(33)34)21-11-12-23-26(15-21)35-27(29-23)19-5-1-2-6-19/h7-12,15-17,19H,1-6,13-14H2,(H,33,34). The molecule has 3 heterocycles. The first-order chi connectivity index (χ1) is 17.1. The fourth-order valence-corrected chi connectivity index (χ4v) is 5.38. The minimum absolute atomic E-state index is 0.272. The number of carboxylic acids is 1. The Labute approximate surface area is 202 Å². The van der Waals surface area contributed by atoms with Gasteiger partial charge in [0.1, 0.15) is 11.1 Å². The number of hydrogen-bond acceptors (Lipinski definition) is 5. The molecule has 2 aromatic heterocycles. The molecule has 0 radical (unpaired) electrons. The molecule has 1 aliphatic carbocycles. The van der Waals surface area contributed by atoms with Gasteiger partial charge in [0.15, 0.2) is 16.9 Å². The number of carbonyl (C=O) groups is 1. The molecule has 1 saturated heterocycles. The number of oxazole rings is 1. The highest BCUT2D eigenvalue weighted by molar-refractivity contribution is 5.88. The van der Waals surface area contributed by atoms with Crippen molar-refractivity contribution in [1.29, 1.82) is 0 Å². The SMILES string of the molecule is O=C(O)c1cn(-c2ccc3nc(C4CCCC4)oc3c2)c(-c2ccc(N3CCCC3)cc2)cc1=O. The predicted molar refractivity (Wildman–Crippen MR) is 135 cm³/mol. The van der Waals surface area contributed by atoms with Gasteiger partial charge in [-0.1, -0.05) is 25.0 Å². The van der Waals surface area contributed by atoms with Crippen LogP contribution in [0.4, 0.5) is 5.69 Å². The average molecular weight is 470 g/mol. The van der Waals surface area contributed by atoms with E-state index in [1.165, 1.54) is 37.9 Å². The van der Waals surface area contributed by atoms with E-state index in [0.717, 1.165) is 48.6 Å². The van der Waals surface area contributed by atoms with Crippen LogP contribution in [0.1, 0.15) is 60.7 Å². The first kappa shape index (κ1) is 21.6. The van der Waals surface area contributed by atoms with E-state index in [1.54, 1.807) is 4.57 Å². The van der Waals surface area contributed by atoms with E-state index in [4.69, 9.17) is 9.40 Å². The molecule has 0 amide bonds. The van der Waals surface area contributed by atoms with E-state index in [-0.39, 0.29) is 5.56 Å². The van der Waals surface area contributed by atoms with E-state index in [0.29, 0.717) is 22.9 Å². The summed E-state index contributed by atoms with van der Waals surface area (Å²) in [6.45, 7) is 2.11. The maximum atomic E-state index is 12.6. The van der Waals surface area contributed by atoms with Crippen LogP contribution >= 0.6 is 0 Å². The highest BCUT2D eigenvalue weighted by atomic mass is 16.4. The number of aromatic carboxylic acids is 1. The lowest BCUT2D eigenvalue weighted by Crippen LogP contribution is -2.18. The van der Waals surface area contributed by atoms with E-state index in [1.807, 2.05) is 30.3 Å². The lowest BCUT2D eigenvalue weighted by Gasteiger charge is -2.19. The Morgan fingerprint density at radius 1 is 0.943 bits per heavy atom. The number of carboxylic acid groups (broad SMARTS) is 1. The highest BCUT2D eigenvalue weighted by Crippen LogP contribution is 2.35. The number of hydrogen-bond donors (Lipinski definition) is 1. The fraction of sp³-hybridized carbons (Fsp3) is 0.321. The number of nitrogens with zero attached hydrogens (tertiary/aromatic N) is 3. The molecular formula is C28H27N3O4. The quantitative estimate of drug-likeness (QED) is 0.409. The summed E-state index contributed by atoms with van der Waals surface area (Å²) in [4.78, 5) is 31.5. The summed E-state index contributed by atoms with van der Waals surface area (Å²) in [5.41, 5.74) is 4.00. The molecule has 178 valence electrons. The van der Waals surface area contributed by atoms with Crippen molar-refractivity contribution in [3.05, 3.63) is 76.4 Å². The van der Waals surface area contributed by atoms with Crippen molar-refractivity contribution in [2.45, 2.75) is 44.4 Å². The van der Waals surface area contributed by atoms with Gasteiger partial charge in [-0.3, -0.25) is 4.79 Å². The third-order valence-electron chi connectivity index (χ3n) is 7.29. The van der Waals surface area contributed by atoms with Gasteiger partial charge in [0.05, 0.1) is 5.69 Å². The van der Waals surface area contributed by atoms with Crippen molar-refractivity contribution in [1.82, 2.24) is 9.55 Å². The zero-order chi connectivity index (χ0) is 23.9. The Morgan fingerprint density at radius 2 is 1.66 bits per heavy atom. The van der Waals surface area contributed by atoms with Crippen molar-refractivity contribution >= 4 is 22.8 Å². The molecule has 1 N–H and O–H groups in total. The third-order valence-corrected chi connectivity index (χ3v) is 7.29. The van der Waals surface area contributed by atoms with E-state index in [9.17, 15) is 14.7 Å². The molecule has 35 heavy (non-hydrogen) atoms. The minimum Gasteiger partial charge on any atom is -0.477 e. The molecule has 2 aliphatic rings. The summed E-state index contributed by atoms with van der Waals surface area (Å²) in [7, 11) is 0. The number of pyridine rings is 1. The Kier molecular flexibility index (Phi) is 5.40. The smallest absolute Gasteiger partial charge is 0.341 e.